The van der Waals surface area contributed by atoms with Gasteiger partial charge in [-0.25, -0.2) is 0 Å². The second kappa shape index (κ2) is 7.15. The number of ketones is 2. The van der Waals surface area contributed by atoms with Crippen molar-refractivity contribution in [3.63, 3.8) is 0 Å². The van der Waals surface area contributed by atoms with Crippen LogP contribution in [0.1, 0.15) is 40.0 Å². The van der Waals surface area contributed by atoms with E-state index in [2.05, 4.69) is 0 Å². The molecule has 0 aliphatic heterocycles. The topological polar surface area (TPSA) is 60.4 Å². The van der Waals surface area contributed by atoms with Crippen molar-refractivity contribution >= 4 is 17.5 Å². The van der Waals surface area contributed by atoms with Crippen LogP contribution in [0.5, 0.6) is 0 Å². The molecule has 0 aromatic rings. The highest BCUT2D eigenvalue weighted by Gasteiger charge is 2.26. The first-order chi connectivity index (χ1) is 7.02. The Balaban J connectivity index is 4.36. The van der Waals surface area contributed by atoms with Crippen LogP contribution in [-0.2, 0) is 19.1 Å². The van der Waals surface area contributed by atoms with Crippen LogP contribution in [0.4, 0.5) is 0 Å². The molecule has 0 rings (SSSR count). The molecule has 0 aliphatic rings. The summed E-state index contributed by atoms with van der Waals surface area (Å²) in [4.78, 5) is 33.6. The zero-order chi connectivity index (χ0) is 11.8. The van der Waals surface area contributed by atoms with Crippen molar-refractivity contribution in [3.05, 3.63) is 0 Å². The van der Waals surface area contributed by atoms with Gasteiger partial charge in [0, 0.05) is 12.8 Å². The van der Waals surface area contributed by atoms with E-state index in [4.69, 9.17) is 4.74 Å². The fourth-order valence-corrected chi connectivity index (χ4v) is 1.25. The lowest BCUT2D eigenvalue weighted by atomic mass is 9.96. The van der Waals surface area contributed by atoms with E-state index in [-0.39, 0.29) is 31.0 Å². The Bertz CT molecular complexity index is 245. The van der Waals surface area contributed by atoms with Gasteiger partial charge in [-0.3, -0.25) is 9.59 Å². The maximum Gasteiger partial charge on any atom is 0.316 e. The van der Waals surface area contributed by atoms with Gasteiger partial charge in [0.15, 0.2) is 0 Å². The van der Waals surface area contributed by atoms with Gasteiger partial charge in [0.05, 0.1) is 6.61 Å². The van der Waals surface area contributed by atoms with Gasteiger partial charge in [-0.2, -0.15) is 0 Å². The average molecular weight is 214 g/mol. The number of hydrogen-bond donors (Lipinski definition) is 0. The fraction of sp³-hybridized carbons (Fsp3) is 0.727. The highest BCUT2D eigenvalue weighted by atomic mass is 16.5. The van der Waals surface area contributed by atoms with Crippen LogP contribution in [0.2, 0.25) is 0 Å². The number of esters is 1. The van der Waals surface area contributed by atoms with Gasteiger partial charge in [0.2, 0.25) is 0 Å². The summed E-state index contributed by atoms with van der Waals surface area (Å²) < 4.78 is 4.79. The number of carbonyl (C=O) groups excluding carboxylic acids is 3. The third-order valence-electron chi connectivity index (χ3n) is 2.09. The summed E-state index contributed by atoms with van der Waals surface area (Å²) in [6.07, 6.45) is 0.803. The van der Waals surface area contributed by atoms with Gasteiger partial charge in [-0.15, -0.1) is 0 Å². The molecule has 1 atom stereocenters. The molecule has 4 heteroatoms. The Labute approximate surface area is 90.0 Å². The maximum absolute atomic E-state index is 11.4. The van der Waals surface area contributed by atoms with E-state index in [1.807, 2.05) is 0 Å². The Hall–Kier alpha value is -1.19. The van der Waals surface area contributed by atoms with E-state index in [0.29, 0.717) is 6.42 Å². The molecular weight excluding hydrogens is 196 g/mol. The Morgan fingerprint density at radius 2 is 1.80 bits per heavy atom. The van der Waals surface area contributed by atoms with Crippen molar-refractivity contribution in [2.24, 2.45) is 5.92 Å². The van der Waals surface area contributed by atoms with E-state index in [1.165, 1.54) is 6.92 Å². The highest BCUT2D eigenvalue weighted by Crippen LogP contribution is 2.12. The highest BCUT2D eigenvalue weighted by molar-refractivity contribution is 5.99. The van der Waals surface area contributed by atoms with Gasteiger partial charge >= 0.3 is 5.97 Å². The Kier molecular flexibility index (Phi) is 6.58. The van der Waals surface area contributed by atoms with Crippen molar-refractivity contribution < 1.29 is 19.1 Å². The largest absolute Gasteiger partial charge is 0.465 e. The van der Waals surface area contributed by atoms with Crippen molar-refractivity contribution in [2.75, 3.05) is 6.61 Å². The van der Waals surface area contributed by atoms with Gasteiger partial charge in [0.1, 0.15) is 17.5 Å². The molecule has 4 nitrogen and oxygen atoms in total. The summed E-state index contributed by atoms with van der Waals surface area (Å²) >= 11 is 0. The van der Waals surface area contributed by atoms with Crippen LogP contribution >= 0.6 is 0 Å². The molecule has 0 radical (unpaired) electrons. The predicted molar refractivity (Wildman–Crippen MR) is 55.3 cm³/mol. The molecule has 0 bridgehead atoms. The van der Waals surface area contributed by atoms with Gasteiger partial charge in [-0.05, 0) is 20.3 Å². The number of Topliss-reactive ketones (excluding diaryl/α,β-unsaturated/α-hetero) is 2. The van der Waals surface area contributed by atoms with Crippen molar-refractivity contribution in [3.8, 4) is 0 Å². The van der Waals surface area contributed by atoms with Crippen molar-refractivity contribution in [1.82, 2.24) is 0 Å². The smallest absolute Gasteiger partial charge is 0.316 e. The van der Waals surface area contributed by atoms with Crippen LogP contribution in [0.15, 0.2) is 0 Å². The SMILES string of the molecule is CCOC(=O)C(CCC(C)=O)C(=O)CC. The van der Waals surface area contributed by atoms with Crippen LogP contribution < -0.4 is 0 Å². The standard InChI is InChI=1S/C11H18O4/c1-4-10(13)9(7-6-8(3)12)11(14)15-5-2/h9H,4-7H2,1-3H3. The molecule has 15 heavy (non-hydrogen) atoms. The molecule has 0 aromatic heterocycles. The maximum atomic E-state index is 11.4. The lowest BCUT2D eigenvalue weighted by Gasteiger charge is -2.12. The van der Waals surface area contributed by atoms with Crippen LogP contribution in [0.3, 0.4) is 0 Å². The second-order valence-electron chi connectivity index (χ2n) is 3.37. The number of rotatable bonds is 7. The second-order valence-corrected chi connectivity index (χ2v) is 3.37. The van der Waals surface area contributed by atoms with E-state index < -0.39 is 11.9 Å². The molecule has 0 amide bonds. The van der Waals surface area contributed by atoms with E-state index in [9.17, 15) is 14.4 Å². The molecule has 0 N–H and O–H groups in total. The van der Waals surface area contributed by atoms with Gasteiger partial charge in [0.25, 0.3) is 0 Å². The first-order valence-corrected chi connectivity index (χ1v) is 5.21. The van der Waals surface area contributed by atoms with E-state index in [1.54, 1.807) is 13.8 Å². The summed E-state index contributed by atoms with van der Waals surface area (Å²) in [6, 6.07) is 0. The number of carbonyl (C=O) groups is 3. The summed E-state index contributed by atoms with van der Waals surface area (Å²) in [5, 5.41) is 0. The van der Waals surface area contributed by atoms with Crippen molar-refractivity contribution in [1.29, 1.82) is 0 Å². The van der Waals surface area contributed by atoms with Gasteiger partial charge < -0.3 is 9.53 Å². The summed E-state index contributed by atoms with van der Waals surface area (Å²) in [7, 11) is 0. The van der Waals surface area contributed by atoms with E-state index in [0.717, 1.165) is 0 Å². The minimum Gasteiger partial charge on any atom is -0.465 e. The number of hydrogen-bond acceptors (Lipinski definition) is 4. The molecule has 0 saturated carbocycles. The Morgan fingerprint density at radius 3 is 2.20 bits per heavy atom. The molecule has 1 unspecified atom stereocenters. The normalized spacial score (nSPS) is 11.9. The molecule has 86 valence electrons. The van der Waals surface area contributed by atoms with E-state index >= 15 is 0 Å². The minimum atomic E-state index is -0.765. The molecule has 0 aliphatic carbocycles. The molecule has 0 fully saturated rings. The molecule has 0 aromatic carbocycles. The number of ether oxygens (including phenoxy) is 1. The third-order valence-corrected chi connectivity index (χ3v) is 2.09. The minimum absolute atomic E-state index is 0.0202. The lowest BCUT2D eigenvalue weighted by molar-refractivity contribution is -0.151. The average Bonchev–Trinajstić information content (AvgIpc) is 2.17. The lowest BCUT2D eigenvalue weighted by Crippen LogP contribution is -2.26. The first kappa shape index (κ1) is 13.8. The van der Waals surface area contributed by atoms with Crippen LogP contribution in [0, 0.1) is 5.92 Å². The predicted octanol–water partition coefficient (Wildman–Crippen LogP) is 1.51. The Morgan fingerprint density at radius 1 is 1.20 bits per heavy atom. The quantitative estimate of drug-likeness (QED) is 0.476. The van der Waals surface area contributed by atoms with Gasteiger partial charge in [-0.1, -0.05) is 6.92 Å². The monoisotopic (exact) mass is 214 g/mol. The zero-order valence-corrected chi connectivity index (χ0v) is 9.54. The summed E-state index contributed by atoms with van der Waals surface area (Å²) in [6.45, 7) is 5.09. The third kappa shape index (κ3) is 5.30. The van der Waals surface area contributed by atoms with Crippen LogP contribution in [0.25, 0.3) is 0 Å². The summed E-state index contributed by atoms with van der Waals surface area (Å²) in [5.41, 5.74) is 0. The molecular formula is C11H18O4. The van der Waals surface area contributed by atoms with Crippen molar-refractivity contribution in [2.45, 2.75) is 40.0 Å². The fourth-order valence-electron chi connectivity index (χ4n) is 1.25. The molecule has 0 heterocycles. The summed E-state index contributed by atoms with van der Waals surface area (Å²) in [5.74, 6) is -1.45. The molecule has 0 spiro atoms. The molecule has 0 saturated heterocycles. The van der Waals surface area contributed by atoms with Crippen LogP contribution in [-0.4, -0.2) is 24.1 Å². The zero-order valence-electron chi connectivity index (χ0n) is 9.54. The first-order valence-electron chi connectivity index (χ1n) is 5.21.